The van der Waals surface area contributed by atoms with Gasteiger partial charge in [0, 0.05) is 0 Å². The summed E-state index contributed by atoms with van der Waals surface area (Å²) >= 11 is 0. The molecule has 1 N–H and O–H groups in total. The first kappa shape index (κ1) is 9.37. The van der Waals surface area contributed by atoms with Crippen molar-refractivity contribution in [2.24, 2.45) is 0 Å². The van der Waals surface area contributed by atoms with Crippen LogP contribution < -0.4 is 0 Å². The molecule has 0 aromatic rings. The first-order valence-electron chi connectivity index (χ1n) is 3.48. The second-order valence-corrected chi connectivity index (χ2v) is 2.35. The number of carbonyl (C=O) groups excluding carboxylic acids is 1. The summed E-state index contributed by atoms with van der Waals surface area (Å²) in [6.07, 6.45) is 3.28. The highest BCUT2D eigenvalue weighted by atomic mass is 16.3. The lowest BCUT2D eigenvalue weighted by molar-refractivity contribution is -0.125. The molecule has 0 aliphatic rings. The third-order valence-electron chi connectivity index (χ3n) is 1.36. The van der Waals surface area contributed by atoms with Crippen molar-refractivity contribution in [1.82, 2.24) is 0 Å². The molecule has 0 rings (SSSR count). The summed E-state index contributed by atoms with van der Waals surface area (Å²) in [7, 11) is 0. The van der Waals surface area contributed by atoms with Gasteiger partial charge in [0.1, 0.15) is 6.10 Å². The topological polar surface area (TPSA) is 37.3 Å². The average Bonchev–Trinajstić information content (AvgIpc) is 1.88. The van der Waals surface area contributed by atoms with E-state index in [0.717, 1.165) is 12.8 Å². The predicted molar refractivity (Wildman–Crippen MR) is 40.7 cm³/mol. The van der Waals surface area contributed by atoms with Gasteiger partial charge in [0.2, 0.25) is 0 Å². The highest BCUT2D eigenvalue weighted by Gasteiger charge is 2.07. The van der Waals surface area contributed by atoms with Gasteiger partial charge in [-0.2, -0.15) is 0 Å². The molecule has 0 saturated heterocycles. The number of allylic oxidation sites excluding steroid dienone is 1. The maximum atomic E-state index is 10.5. The Kier molecular flexibility index (Phi) is 4.85. The molecule has 0 amide bonds. The molecule has 0 radical (unpaired) electrons. The van der Waals surface area contributed by atoms with Gasteiger partial charge in [-0.25, -0.2) is 0 Å². The van der Waals surface area contributed by atoms with E-state index in [1.165, 1.54) is 6.92 Å². The normalized spacial score (nSPS) is 12.6. The minimum atomic E-state index is -0.764. The fourth-order valence-corrected chi connectivity index (χ4v) is 0.659. The van der Waals surface area contributed by atoms with Crippen LogP contribution in [-0.2, 0) is 4.79 Å². The Labute approximate surface area is 61.6 Å². The summed E-state index contributed by atoms with van der Waals surface area (Å²) in [5.74, 6) is -0.149. The molecule has 2 nitrogen and oxygen atoms in total. The Morgan fingerprint density at radius 3 is 2.80 bits per heavy atom. The minimum absolute atomic E-state index is 0.149. The molecule has 2 heteroatoms. The molecule has 0 unspecified atom stereocenters. The van der Waals surface area contributed by atoms with E-state index in [4.69, 9.17) is 5.11 Å². The van der Waals surface area contributed by atoms with Crippen molar-refractivity contribution in [2.45, 2.75) is 32.3 Å². The summed E-state index contributed by atoms with van der Waals surface area (Å²) in [4.78, 5) is 10.5. The summed E-state index contributed by atoms with van der Waals surface area (Å²) in [6.45, 7) is 4.94. The molecule has 0 spiro atoms. The fraction of sp³-hybridized carbons (Fsp3) is 0.625. The van der Waals surface area contributed by atoms with Gasteiger partial charge >= 0.3 is 0 Å². The van der Waals surface area contributed by atoms with Gasteiger partial charge in [0.25, 0.3) is 0 Å². The van der Waals surface area contributed by atoms with Crippen molar-refractivity contribution >= 4 is 5.78 Å². The third-order valence-corrected chi connectivity index (χ3v) is 1.36. The smallest absolute Gasteiger partial charge is 0.158 e. The minimum Gasteiger partial charge on any atom is -0.385 e. The zero-order chi connectivity index (χ0) is 7.98. The van der Waals surface area contributed by atoms with Crippen molar-refractivity contribution in [3.8, 4) is 0 Å². The zero-order valence-electron chi connectivity index (χ0n) is 6.34. The number of unbranched alkanes of at least 4 members (excludes halogenated alkanes) is 1. The van der Waals surface area contributed by atoms with E-state index >= 15 is 0 Å². The van der Waals surface area contributed by atoms with E-state index < -0.39 is 6.10 Å². The van der Waals surface area contributed by atoms with E-state index in [0.29, 0.717) is 6.42 Å². The standard InChI is InChI=1S/C8H14O2/c1-3-4-5-6-8(10)7(2)9/h3,8,10H,1,4-6H2,2H3/t8-/m1/s1. The van der Waals surface area contributed by atoms with Crippen LogP contribution in [0, 0.1) is 0 Å². The molecule has 0 aromatic carbocycles. The SMILES string of the molecule is C=CCCC[C@@H](O)C(C)=O. The molecule has 0 saturated carbocycles. The maximum Gasteiger partial charge on any atom is 0.158 e. The fourth-order valence-electron chi connectivity index (χ4n) is 0.659. The lowest BCUT2D eigenvalue weighted by Crippen LogP contribution is -2.16. The number of Topliss-reactive ketones (excluding diaryl/α,β-unsaturated/α-hetero) is 1. The van der Waals surface area contributed by atoms with Crippen molar-refractivity contribution in [3.63, 3.8) is 0 Å². The van der Waals surface area contributed by atoms with Crippen LogP contribution in [0.5, 0.6) is 0 Å². The number of carbonyl (C=O) groups is 1. The lowest BCUT2D eigenvalue weighted by atomic mass is 10.1. The largest absolute Gasteiger partial charge is 0.385 e. The van der Waals surface area contributed by atoms with Gasteiger partial charge in [-0.1, -0.05) is 6.08 Å². The number of hydrogen-bond donors (Lipinski definition) is 1. The highest BCUT2D eigenvalue weighted by Crippen LogP contribution is 2.01. The van der Waals surface area contributed by atoms with E-state index in [-0.39, 0.29) is 5.78 Å². The molecule has 0 aliphatic carbocycles. The van der Waals surface area contributed by atoms with E-state index in [1.807, 2.05) is 0 Å². The second-order valence-electron chi connectivity index (χ2n) is 2.35. The number of rotatable bonds is 5. The van der Waals surface area contributed by atoms with Crippen molar-refractivity contribution < 1.29 is 9.90 Å². The van der Waals surface area contributed by atoms with Crippen molar-refractivity contribution in [2.75, 3.05) is 0 Å². The molecule has 58 valence electrons. The Morgan fingerprint density at radius 2 is 2.40 bits per heavy atom. The van der Waals surface area contributed by atoms with Crippen LogP contribution >= 0.6 is 0 Å². The number of aliphatic hydroxyl groups is 1. The van der Waals surface area contributed by atoms with E-state index in [9.17, 15) is 4.79 Å². The monoisotopic (exact) mass is 142 g/mol. The van der Waals surface area contributed by atoms with Gasteiger partial charge in [-0.05, 0) is 26.2 Å². The Morgan fingerprint density at radius 1 is 1.80 bits per heavy atom. The molecular formula is C8H14O2. The molecule has 0 fully saturated rings. The molecule has 1 atom stereocenters. The van der Waals surface area contributed by atoms with Gasteiger partial charge in [-0.3, -0.25) is 4.79 Å². The Balaban J connectivity index is 3.30. The molecular weight excluding hydrogens is 128 g/mol. The molecule has 0 heterocycles. The van der Waals surface area contributed by atoms with Crippen LogP contribution in [0.25, 0.3) is 0 Å². The Bertz CT molecular complexity index is 118. The van der Waals surface area contributed by atoms with Crippen LogP contribution in [0.1, 0.15) is 26.2 Å². The summed E-state index contributed by atoms with van der Waals surface area (Å²) in [5, 5.41) is 8.97. The van der Waals surface area contributed by atoms with Gasteiger partial charge in [0.05, 0.1) is 0 Å². The average molecular weight is 142 g/mol. The van der Waals surface area contributed by atoms with Crippen LogP contribution in [-0.4, -0.2) is 17.0 Å². The van der Waals surface area contributed by atoms with Gasteiger partial charge < -0.3 is 5.11 Å². The molecule has 0 aromatic heterocycles. The molecule has 0 aliphatic heterocycles. The van der Waals surface area contributed by atoms with Crippen LogP contribution in [0.4, 0.5) is 0 Å². The quantitative estimate of drug-likeness (QED) is 0.464. The first-order chi connectivity index (χ1) is 4.68. The number of ketones is 1. The van der Waals surface area contributed by atoms with E-state index in [2.05, 4.69) is 6.58 Å². The zero-order valence-corrected chi connectivity index (χ0v) is 6.34. The van der Waals surface area contributed by atoms with Gasteiger partial charge in [0.15, 0.2) is 5.78 Å². The van der Waals surface area contributed by atoms with Crippen LogP contribution in [0.15, 0.2) is 12.7 Å². The number of aliphatic hydroxyl groups excluding tert-OH is 1. The summed E-state index contributed by atoms with van der Waals surface area (Å²) < 4.78 is 0. The first-order valence-corrected chi connectivity index (χ1v) is 3.48. The predicted octanol–water partition coefficient (Wildman–Crippen LogP) is 1.29. The summed E-state index contributed by atoms with van der Waals surface area (Å²) in [6, 6.07) is 0. The molecule has 10 heavy (non-hydrogen) atoms. The van der Waals surface area contributed by atoms with Crippen LogP contribution in [0.2, 0.25) is 0 Å². The molecule has 0 bridgehead atoms. The summed E-state index contributed by atoms with van der Waals surface area (Å²) in [5.41, 5.74) is 0. The Hall–Kier alpha value is -0.630. The third kappa shape index (κ3) is 4.27. The van der Waals surface area contributed by atoms with E-state index in [1.54, 1.807) is 6.08 Å². The maximum absolute atomic E-state index is 10.5. The highest BCUT2D eigenvalue weighted by molar-refractivity contribution is 5.79. The van der Waals surface area contributed by atoms with Crippen molar-refractivity contribution in [1.29, 1.82) is 0 Å². The lowest BCUT2D eigenvalue weighted by Gasteiger charge is -2.03. The van der Waals surface area contributed by atoms with Gasteiger partial charge in [-0.15, -0.1) is 6.58 Å². The van der Waals surface area contributed by atoms with Crippen molar-refractivity contribution in [3.05, 3.63) is 12.7 Å². The second kappa shape index (κ2) is 5.18. The van der Waals surface area contributed by atoms with Crippen LogP contribution in [0.3, 0.4) is 0 Å². The number of hydrogen-bond acceptors (Lipinski definition) is 2.